The van der Waals surface area contributed by atoms with Gasteiger partial charge in [-0.1, -0.05) is 19.3 Å². The summed E-state index contributed by atoms with van der Waals surface area (Å²) in [5.41, 5.74) is 0. The first kappa shape index (κ1) is 10.4. The van der Waals surface area contributed by atoms with Crippen molar-refractivity contribution in [1.82, 2.24) is 5.32 Å². The molecule has 1 rings (SSSR count). The van der Waals surface area contributed by atoms with E-state index < -0.39 is 0 Å². The van der Waals surface area contributed by atoms with Gasteiger partial charge < -0.3 is 10.1 Å². The molecule has 0 aromatic rings. The average molecular weight is 184 g/mol. The predicted molar refractivity (Wildman–Crippen MR) is 51.3 cm³/mol. The van der Waals surface area contributed by atoms with Crippen LogP contribution in [-0.2, 0) is 4.74 Å². The van der Waals surface area contributed by atoms with Crippen molar-refractivity contribution < 1.29 is 9.53 Å². The molecule has 0 bridgehead atoms. The van der Waals surface area contributed by atoms with E-state index in [-0.39, 0.29) is 12.2 Å². The van der Waals surface area contributed by atoms with Crippen LogP contribution in [0.25, 0.3) is 0 Å². The average Bonchev–Trinajstić information content (AvgIpc) is 2.09. The molecule has 0 spiro atoms. The van der Waals surface area contributed by atoms with E-state index in [1.165, 1.54) is 19.3 Å². The fraction of sp³-hybridized carbons (Fsp3) is 0.800. The summed E-state index contributed by atoms with van der Waals surface area (Å²) in [5.74, 6) is 0. The molecular formula is C10H18NO2. The molecule has 1 aliphatic carbocycles. The van der Waals surface area contributed by atoms with Gasteiger partial charge in [0, 0.05) is 7.05 Å². The number of ether oxygens (including phenoxy) is 1. The minimum Gasteiger partial charge on any atom is -0.446 e. The van der Waals surface area contributed by atoms with Gasteiger partial charge in [0.1, 0.15) is 6.10 Å². The lowest BCUT2D eigenvalue weighted by Gasteiger charge is -2.19. The number of amides is 1. The normalized spacial score (nSPS) is 20.1. The Bertz CT molecular complexity index is 151. The van der Waals surface area contributed by atoms with Crippen molar-refractivity contribution >= 4 is 6.09 Å². The number of rotatable bonds is 1. The molecule has 1 unspecified atom stereocenters. The molecule has 0 saturated heterocycles. The highest BCUT2D eigenvalue weighted by Crippen LogP contribution is 2.18. The summed E-state index contributed by atoms with van der Waals surface area (Å²) in [4.78, 5) is 10.9. The van der Waals surface area contributed by atoms with E-state index in [1.807, 2.05) is 0 Å². The van der Waals surface area contributed by atoms with Crippen molar-refractivity contribution in [3.05, 3.63) is 6.42 Å². The first-order valence-electron chi connectivity index (χ1n) is 5.03. The minimum absolute atomic E-state index is 0.0975. The van der Waals surface area contributed by atoms with E-state index in [0.29, 0.717) is 0 Å². The van der Waals surface area contributed by atoms with Crippen LogP contribution in [-0.4, -0.2) is 19.2 Å². The monoisotopic (exact) mass is 184 g/mol. The molecule has 1 radical (unpaired) electrons. The van der Waals surface area contributed by atoms with Gasteiger partial charge >= 0.3 is 6.09 Å². The fourth-order valence-corrected chi connectivity index (χ4v) is 1.58. The van der Waals surface area contributed by atoms with E-state index in [0.717, 1.165) is 19.3 Å². The molecule has 3 heteroatoms. The van der Waals surface area contributed by atoms with Crippen LogP contribution in [0, 0.1) is 6.42 Å². The first-order chi connectivity index (χ1) is 6.33. The Balaban J connectivity index is 2.25. The van der Waals surface area contributed by atoms with Crippen molar-refractivity contribution in [2.24, 2.45) is 0 Å². The Labute approximate surface area is 79.8 Å². The summed E-state index contributed by atoms with van der Waals surface area (Å²) in [6, 6.07) is 0. The smallest absolute Gasteiger partial charge is 0.407 e. The van der Waals surface area contributed by atoms with Crippen molar-refractivity contribution in [3.63, 3.8) is 0 Å². The highest BCUT2D eigenvalue weighted by Gasteiger charge is 2.14. The van der Waals surface area contributed by atoms with Crippen molar-refractivity contribution in [3.8, 4) is 0 Å². The summed E-state index contributed by atoms with van der Waals surface area (Å²) in [6.07, 6.45) is 8.81. The Morgan fingerprint density at radius 1 is 1.46 bits per heavy atom. The maximum atomic E-state index is 10.9. The van der Waals surface area contributed by atoms with Crippen molar-refractivity contribution in [1.29, 1.82) is 0 Å². The lowest BCUT2D eigenvalue weighted by atomic mass is 9.99. The number of carbonyl (C=O) groups is 1. The van der Waals surface area contributed by atoms with Crippen LogP contribution in [0.4, 0.5) is 4.79 Å². The SMILES string of the molecule is CNC(=O)OC1C[CH]CCCCC1. The molecular weight excluding hydrogens is 166 g/mol. The van der Waals surface area contributed by atoms with Crippen LogP contribution >= 0.6 is 0 Å². The van der Waals surface area contributed by atoms with Gasteiger partial charge in [-0.25, -0.2) is 4.79 Å². The molecule has 1 amide bonds. The molecule has 0 aromatic carbocycles. The molecule has 0 aliphatic heterocycles. The summed E-state index contributed by atoms with van der Waals surface area (Å²) in [7, 11) is 1.59. The number of nitrogens with one attached hydrogen (secondary N) is 1. The third kappa shape index (κ3) is 4.15. The number of carbonyl (C=O) groups excluding carboxylic acids is 1. The van der Waals surface area contributed by atoms with Gasteiger partial charge in [-0.15, -0.1) is 0 Å². The number of alkyl carbamates (subject to hydrolysis) is 1. The Hall–Kier alpha value is -0.730. The summed E-state index contributed by atoms with van der Waals surface area (Å²) in [6.45, 7) is 0. The molecule has 1 saturated carbocycles. The van der Waals surface area contributed by atoms with Gasteiger partial charge in [0.05, 0.1) is 0 Å². The zero-order chi connectivity index (χ0) is 9.52. The summed E-state index contributed by atoms with van der Waals surface area (Å²) < 4.78 is 5.19. The molecule has 0 heterocycles. The molecule has 1 N–H and O–H groups in total. The van der Waals surface area contributed by atoms with Crippen LogP contribution in [0.2, 0.25) is 0 Å². The fourth-order valence-electron chi connectivity index (χ4n) is 1.58. The summed E-state index contributed by atoms with van der Waals surface area (Å²) >= 11 is 0. The van der Waals surface area contributed by atoms with Crippen LogP contribution < -0.4 is 5.32 Å². The van der Waals surface area contributed by atoms with Gasteiger partial charge in [-0.3, -0.25) is 0 Å². The Kier molecular flexibility index (Phi) is 4.65. The van der Waals surface area contributed by atoms with E-state index in [2.05, 4.69) is 11.7 Å². The van der Waals surface area contributed by atoms with Gasteiger partial charge in [-0.2, -0.15) is 0 Å². The molecule has 3 nitrogen and oxygen atoms in total. The second-order valence-electron chi connectivity index (χ2n) is 3.44. The highest BCUT2D eigenvalue weighted by molar-refractivity contribution is 5.66. The van der Waals surface area contributed by atoms with E-state index >= 15 is 0 Å². The molecule has 1 aliphatic rings. The predicted octanol–water partition coefficient (Wildman–Crippen LogP) is 2.27. The molecule has 13 heavy (non-hydrogen) atoms. The maximum Gasteiger partial charge on any atom is 0.407 e. The van der Waals surface area contributed by atoms with Gasteiger partial charge in [0.25, 0.3) is 0 Å². The van der Waals surface area contributed by atoms with Crippen LogP contribution in [0.3, 0.4) is 0 Å². The van der Waals surface area contributed by atoms with E-state index in [9.17, 15) is 4.79 Å². The highest BCUT2D eigenvalue weighted by atomic mass is 16.6. The van der Waals surface area contributed by atoms with Gasteiger partial charge in [-0.05, 0) is 25.7 Å². The Morgan fingerprint density at radius 2 is 2.31 bits per heavy atom. The molecule has 1 fully saturated rings. The van der Waals surface area contributed by atoms with Crippen LogP contribution in [0.1, 0.15) is 38.5 Å². The van der Waals surface area contributed by atoms with Crippen LogP contribution in [0.15, 0.2) is 0 Å². The third-order valence-electron chi connectivity index (χ3n) is 2.34. The molecule has 75 valence electrons. The van der Waals surface area contributed by atoms with Crippen LogP contribution in [0.5, 0.6) is 0 Å². The first-order valence-corrected chi connectivity index (χ1v) is 5.03. The largest absolute Gasteiger partial charge is 0.446 e. The molecule has 1 atom stereocenters. The minimum atomic E-state index is -0.307. The zero-order valence-electron chi connectivity index (χ0n) is 8.21. The lowest BCUT2D eigenvalue weighted by Crippen LogP contribution is -2.26. The zero-order valence-corrected chi connectivity index (χ0v) is 8.21. The second kappa shape index (κ2) is 5.84. The van der Waals surface area contributed by atoms with Crippen molar-refractivity contribution in [2.45, 2.75) is 44.6 Å². The third-order valence-corrected chi connectivity index (χ3v) is 2.34. The van der Waals surface area contributed by atoms with E-state index in [1.54, 1.807) is 7.05 Å². The quantitative estimate of drug-likeness (QED) is 0.679. The topological polar surface area (TPSA) is 38.3 Å². The Morgan fingerprint density at radius 3 is 3.08 bits per heavy atom. The van der Waals surface area contributed by atoms with Crippen molar-refractivity contribution in [2.75, 3.05) is 7.05 Å². The maximum absolute atomic E-state index is 10.9. The second-order valence-corrected chi connectivity index (χ2v) is 3.44. The van der Waals surface area contributed by atoms with Gasteiger partial charge in [0.2, 0.25) is 0 Å². The lowest BCUT2D eigenvalue weighted by molar-refractivity contribution is 0.0899. The van der Waals surface area contributed by atoms with Gasteiger partial charge in [0.15, 0.2) is 0 Å². The van der Waals surface area contributed by atoms with E-state index in [4.69, 9.17) is 4.74 Å². The number of hydrogen-bond acceptors (Lipinski definition) is 2. The summed E-state index contributed by atoms with van der Waals surface area (Å²) in [5, 5.41) is 2.47. The molecule has 0 aromatic heterocycles. The standard InChI is InChI=1S/C10H18NO2/c1-11-10(12)13-9-7-5-3-2-4-6-8-9/h5,9H,2-4,6-8H2,1H3,(H,11,12). The number of hydrogen-bond donors (Lipinski definition) is 1.